The van der Waals surface area contributed by atoms with Crippen molar-refractivity contribution >= 4 is 12.2 Å². The molecule has 1 aliphatic heterocycles. The molecule has 0 amide bonds. The van der Waals surface area contributed by atoms with Crippen LogP contribution in [0.5, 0.6) is 5.75 Å². The van der Waals surface area contributed by atoms with Crippen molar-refractivity contribution in [2.24, 2.45) is 0 Å². The van der Waals surface area contributed by atoms with E-state index in [9.17, 15) is 0 Å². The molecular weight excluding hydrogens is 163 g/mol. The van der Waals surface area contributed by atoms with Crippen LogP contribution in [-0.2, 0) is 6.42 Å². The van der Waals surface area contributed by atoms with Gasteiger partial charge in [-0.3, -0.25) is 0 Å². The predicted molar refractivity (Wildman–Crippen MR) is 53.9 cm³/mol. The second-order valence-electron chi connectivity index (χ2n) is 3.54. The van der Waals surface area contributed by atoms with Gasteiger partial charge in [-0.1, -0.05) is 30.8 Å². The van der Waals surface area contributed by atoms with Gasteiger partial charge >= 0.3 is 0 Å². The van der Waals surface area contributed by atoms with E-state index < -0.39 is 0 Å². The van der Waals surface area contributed by atoms with Crippen molar-refractivity contribution in [2.45, 2.75) is 19.6 Å². The van der Waals surface area contributed by atoms with Gasteiger partial charge in [0.05, 0.1) is 0 Å². The van der Waals surface area contributed by atoms with Crippen molar-refractivity contribution in [1.82, 2.24) is 0 Å². The molecule has 2 rings (SSSR count). The van der Waals surface area contributed by atoms with Gasteiger partial charge in [0.15, 0.2) is 13.5 Å². The molecule has 0 aromatic heterocycles. The normalized spacial score (nSPS) is 14.5. The fourth-order valence-electron chi connectivity index (χ4n) is 2.08. The van der Waals surface area contributed by atoms with Gasteiger partial charge < -0.3 is 9.84 Å². The highest BCUT2D eigenvalue weighted by Gasteiger charge is 2.24. The van der Waals surface area contributed by atoms with E-state index >= 15 is 0 Å². The monoisotopic (exact) mass is 176 g/mol. The van der Waals surface area contributed by atoms with Crippen molar-refractivity contribution in [1.29, 1.82) is 0 Å². The van der Waals surface area contributed by atoms with Gasteiger partial charge in [0.1, 0.15) is 5.75 Å². The van der Waals surface area contributed by atoms with E-state index in [0.717, 1.165) is 12.2 Å². The Morgan fingerprint density at radius 2 is 2.38 bits per heavy atom. The van der Waals surface area contributed by atoms with Crippen LogP contribution < -0.4 is 10.2 Å². The first kappa shape index (κ1) is 8.63. The quantitative estimate of drug-likeness (QED) is 0.535. The molecule has 0 saturated carbocycles. The third-order valence-electron chi connectivity index (χ3n) is 2.72. The Bertz CT molecular complexity index is 312. The number of aryl methyl sites for hydroxylation is 1. The molecule has 0 fully saturated rings. The molecule has 0 spiro atoms. The fraction of sp³-hybridized carbons (Fsp3) is 0.400. The molecule has 0 saturated heterocycles. The number of rotatable bonds is 2. The minimum Gasteiger partial charge on any atom is -0.468 e. The molecule has 0 unspecified atom stereocenters. The lowest BCUT2D eigenvalue weighted by Crippen LogP contribution is -2.25. The number of benzene rings is 1. The third kappa shape index (κ3) is 1.44. The molecule has 68 valence electrons. The molecule has 0 radical (unpaired) electrons. The van der Waals surface area contributed by atoms with Gasteiger partial charge in [0.25, 0.3) is 0 Å². The van der Waals surface area contributed by atoms with E-state index in [-0.39, 0.29) is 6.79 Å². The Morgan fingerprint density at radius 1 is 1.54 bits per heavy atom. The van der Waals surface area contributed by atoms with Crippen molar-refractivity contribution in [2.75, 3.05) is 6.79 Å². The number of aliphatic hydroxyl groups excluding tert-OH is 1. The lowest BCUT2D eigenvalue weighted by molar-refractivity contribution is 0.0995. The van der Waals surface area contributed by atoms with E-state index in [1.54, 1.807) is 0 Å². The van der Waals surface area contributed by atoms with E-state index in [1.807, 2.05) is 12.1 Å². The Hall–Kier alpha value is -0.955. The van der Waals surface area contributed by atoms with Crippen LogP contribution in [0, 0.1) is 0 Å². The maximum atomic E-state index is 8.71. The summed E-state index contributed by atoms with van der Waals surface area (Å²) in [6, 6.07) is 6.06. The minimum absolute atomic E-state index is 0.233. The van der Waals surface area contributed by atoms with E-state index in [0.29, 0.717) is 6.71 Å². The number of hydrogen-bond donors (Lipinski definition) is 1. The molecule has 13 heavy (non-hydrogen) atoms. The first-order chi connectivity index (χ1) is 6.33. The summed E-state index contributed by atoms with van der Waals surface area (Å²) in [4.78, 5) is 0. The summed E-state index contributed by atoms with van der Waals surface area (Å²) >= 11 is 0. The van der Waals surface area contributed by atoms with Crippen LogP contribution in [0.1, 0.15) is 5.56 Å². The number of fused-ring (bicyclic) bond motifs is 1. The Labute approximate surface area is 78.6 Å². The molecule has 1 aromatic carbocycles. The summed E-state index contributed by atoms with van der Waals surface area (Å²) in [5, 5.41) is 8.71. The molecule has 0 atom stereocenters. The Kier molecular flexibility index (Phi) is 2.27. The highest BCUT2D eigenvalue weighted by Crippen LogP contribution is 2.21. The smallest absolute Gasteiger partial charge is 0.186 e. The molecule has 3 heteroatoms. The number of aliphatic hydroxyl groups is 1. The average Bonchev–Trinajstić information content (AvgIpc) is 2.50. The molecule has 0 aliphatic carbocycles. The number of ether oxygens (including phenoxy) is 1. The molecule has 1 N–H and O–H groups in total. The summed E-state index contributed by atoms with van der Waals surface area (Å²) in [7, 11) is 0. The van der Waals surface area contributed by atoms with Gasteiger partial charge in [-0.05, 0) is 17.9 Å². The zero-order valence-electron chi connectivity index (χ0n) is 7.79. The summed E-state index contributed by atoms with van der Waals surface area (Å²) in [6.07, 6.45) is 2.33. The zero-order valence-corrected chi connectivity index (χ0v) is 7.79. The van der Waals surface area contributed by atoms with Crippen LogP contribution in [0.2, 0.25) is 13.1 Å². The minimum atomic E-state index is -0.233. The second kappa shape index (κ2) is 3.42. The predicted octanol–water partition coefficient (Wildman–Crippen LogP) is 0.903. The molecular formula is C10H13BO2. The summed E-state index contributed by atoms with van der Waals surface area (Å²) < 4.78 is 5.17. The topological polar surface area (TPSA) is 29.5 Å². The largest absolute Gasteiger partial charge is 0.468 e. The summed E-state index contributed by atoms with van der Waals surface area (Å²) in [5.74, 6) is 0.852. The van der Waals surface area contributed by atoms with Crippen LogP contribution in [0.25, 0.3) is 0 Å². The van der Waals surface area contributed by atoms with Gasteiger partial charge in [-0.2, -0.15) is 0 Å². The first-order valence-electron chi connectivity index (χ1n) is 4.68. The van der Waals surface area contributed by atoms with E-state index in [2.05, 4.69) is 12.9 Å². The summed E-state index contributed by atoms with van der Waals surface area (Å²) in [5.41, 5.74) is 2.66. The maximum absolute atomic E-state index is 8.71. The Balaban J connectivity index is 2.41. The van der Waals surface area contributed by atoms with Crippen LogP contribution in [0.3, 0.4) is 0 Å². The van der Waals surface area contributed by atoms with Gasteiger partial charge in [0.2, 0.25) is 0 Å². The summed E-state index contributed by atoms with van der Waals surface area (Å²) in [6.45, 7) is 2.54. The Morgan fingerprint density at radius 3 is 3.15 bits per heavy atom. The third-order valence-corrected chi connectivity index (χ3v) is 2.72. The maximum Gasteiger partial charge on any atom is 0.186 e. The van der Waals surface area contributed by atoms with Crippen LogP contribution in [0.15, 0.2) is 18.2 Å². The molecule has 1 heterocycles. The SMILES string of the molecule is CB1CCc2cccc(OCO)c21. The lowest BCUT2D eigenvalue weighted by Gasteiger charge is -2.10. The standard InChI is InChI=1S/C10H13BO2/c1-11-6-5-8-3-2-4-9(10(8)11)13-7-12/h2-4,12H,5-7H2,1H3. The lowest BCUT2D eigenvalue weighted by atomic mass is 9.48. The molecule has 1 aliphatic rings. The van der Waals surface area contributed by atoms with Crippen molar-refractivity contribution in [3.63, 3.8) is 0 Å². The van der Waals surface area contributed by atoms with Gasteiger partial charge in [0, 0.05) is 0 Å². The zero-order chi connectivity index (χ0) is 9.26. The molecule has 2 nitrogen and oxygen atoms in total. The van der Waals surface area contributed by atoms with Crippen LogP contribution in [0.4, 0.5) is 0 Å². The fourth-order valence-corrected chi connectivity index (χ4v) is 2.08. The highest BCUT2D eigenvalue weighted by molar-refractivity contribution is 6.74. The van der Waals surface area contributed by atoms with Gasteiger partial charge in [-0.15, -0.1) is 0 Å². The van der Waals surface area contributed by atoms with Crippen molar-refractivity contribution in [3.05, 3.63) is 23.8 Å². The van der Waals surface area contributed by atoms with Crippen LogP contribution in [-0.4, -0.2) is 18.6 Å². The van der Waals surface area contributed by atoms with Crippen molar-refractivity contribution < 1.29 is 9.84 Å². The van der Waals surface area contributed by atoms with E-state index in [1.165, 1.54) is 17.3 Å². The van der Waals surface area contributed by atoms with Crippen molar-refractivity contribution in [3.8, 4) is 5.75 Å². The van der Waals surface area contributed by atoms with Crippen LogP contribution >= 0.6 is 0 Å². The van der Waals surface area contributed by atoms with E-state index in [4.69, 9.17) is 9.84 Å². The molecule has 0 bridgehead atoms. The number of hydrogen-bond acceptors (Lipinski definition) is 2. The first-order valence-corrected chi connectivity index (χ1v) is 4.68. The molecule has 1 aromatic rings. The van der Waals surface area contributed by atoms with Gasteiger partial charge in [-0.25, -0.2) is 0 Å². The highest BCUT2D eigenvalue weighted by atomic mass is 16.6. The average molecular weight is 176 g/mol. The second-order valence-corrected chi connectivity index (χ2v) is 3.54.